The Morgan fingerprint density at radius 2 is 2.16 bits per heavy atom. The molecule has 2 rings (SSSR count). The molecule has 1 aromatic rings. The molecule has 0 spiro atoms. The van der Waals surface area contributed by atoms with Crippen molar-refractivity contribution in [2.24, 2.45) is 11.8 Å². The quantitative estimate of drug-likeness (QED) is 0.891. The van der Waals surface area contributed by atoms with Gasteiger partial charge in [0.15, 0.2) is 0 Å². The summed E-state index contributed by atoms with van der Waals surface area (Å²) in [4.78, 5) is 15.4. The van der Waals surface area contributed by atoms with Crippen LogP contribution in [-0.2, 0) is 4.79 Å². The van der Waals surface area contributed by atoms with E-state index in [4.69, 9.17) is 0 Å². The lowest BCUT2D eigenvalue weighted by atomic mass is 9.76. The van der Waals surface area contributed by atoms with E-state index in [1.807, 2.05) is 6.07 Å². The van der Waals surface area contributed by atoms with Gasteiger partial charge in [-0.25, -0.2) is 0 Å². The molecule has 1 heterocycles. The van der Waals surface area contributed by atoms with Crippen LogP contribution in [0, 0.1) is 11.8 Å². The molecule has 0 aliphatic heterocycles. The van der Waals surface area contributed by atoms with Gasteiger partial charge >= 0.3 is 5.97 Å². The summed E-state index contributed by atoms with van der Waals surface area (Å²) >= 11 is 3.30. The summed E-state index contributed by atoms with van der Waals surface area (Å²) in [6.45, 7) is 0. The maximum absolute atomic E-state index is 11.2. The van der Waals surface area contributed by atoms with Crippen LogP contribution < -0.4 is 0 Å². The number of aliphatic hydroxyl groups is 1. The van der Waals surface area contributed by atoms with Crippen LogP contribution in [-0.4, -0.2) is 21.2 Å². The van der Waals surface area contributed by atoms with Crippen molar-refractivity contribution < 1.29 is 15.0 Å². The molecule has 4 nitrogen and oxygen atoms in total. The minimum absolute atomic E-state index is 0.0479. The molecule has 1 aliphatic rings. The molecule has 0 aromatic carbocycles. The summed E-state index contributed by atoms with van der Waals surface area (Å²) in [5.74, 6) is -1.01. The van der Waals surface area contributed by atoms with Gasteiger partial charge in [-0.15, -0.1) is 0 Å². The Morgan fingerprint density at radius 3 is 2.79 bits per heavy atom. The summed E-state index contributed by atoms with van der Waals surface area (Å²) in [7, 11) is 0. The molecule has 3 atom stereocenters. The highest BCUT2D eigenvalue weighted by Gasteiger charge is 2.32. The smallest absolute Gasteiger partial charge is 0.306 e. The Balaban J connectivity index is 2.02. The van der Waals surface area contributed by atoms with Crippen molar-refractivity contribution in [3.63, 3.8) is 0 Å². The Kier molecular flexibility index (Phi) is 4.93. The molecule has 1 aromatic heterocycles. The van der Waals surface area contributed by atoms with E-state index in [1.54, 1.807) is 12.3 Å². The van der Waals surface area contributed by atoms with Gasteiger partial charge in [0.25, 0.3) is 0 Å². The first-order chi connectivity index (χ1) is 9.08. The first kappa shape index (κ1) is 14.5. The number of hydrogen-bond acceptors (Lipinski definition) is 3. The van der Waals surface area contributed by atoms with Crippen molar-refractivity contribution >= 4 is 21.9 Å². The standard InChI is InChI=1S/C14H18BrNO3/c15-10-5-6-12(16-8-10)13(17)7-9-3-1-2-4-11(9)14(18)19/h5-6,8-9,11,13,17H,1-4,7H2,(H,18,19). The maximum atomic E-state index is 11.2. The second-order valence-electron chi connectivity index (χ2n) is 5.14. The van der Waals surface area contributed by atoms with Crippen molar-refractivity contribution in [2.45, 2.75) is 38.2 Å². The molecule has 1 aliphatic carbocycles. The average Bonchev–Trinajstić information content (AvgIpc) is 2.39. The molecule has 0 radical (unpaired) electrons. The summed E-state index contributed by atoms with van der Waals surface area (Å²) in [6, 6.07) is 3.61. The molecule has 0 saturated heterocycles. The Hall–Kier alpha value is -0.940. The average molecular weight is 328 g/mol. The van der Waals surface area contributed by atoms with Gasteiger partial charge in [-0.3, -0.25) is 9.78 Å². The van der Waals surface area contributed by atoms with Crippen molar-refractivity contribution in [3.8, 4) is 0 Å². The minimum atomic E-state index is -0.735. The van der Waals surface area contributed by atoms with Crippen LogP contribution >= 0.6 is 15.9 Å². The number of aromatic nitrogens is 1. The summed E-state index contributed by atoms with van der Waals surface area (Å²) in [5.41, 5.74) is 0.609. The predicted molar refractivity (Wildman–Crippen MR) is 74.6 cm³/mol. The number of aliphatic hydroxyl groups excluding tert-OH is 1. The molecule has 1 saturated carbocycles. The number of carbonyl (C=O) groups is 1. The van der Waals surface area contributed by atoms with E-state index in [9.17, 15) is 15.0 Å². The van der Waals surface area contributed by atoms with Crippen molar-refractivity contribution in [3.05, 3.63) is 28.5 Å². The largest absolute Gasteiger partial charge is 0.481 e. The van der Waals surface area contributed by atoms with Gasteiger partial charge in [0.1, 0.15) is 0 Å². The van der Waals surface area contributed by atoms with Gasteiger partial charge in [0.2, 0.25) is 0 Å². The van der Waals surface area contributed by atoms with E-state index in [0.29, 0.717) is 12.1 Å². The maximum Gasteiger partial charge on any atom is 0.306 e. The third-order valence-corrected chi connectivity index (χ3v) is 4.31. The number of aliphatic carboxylic acids is 1. The van der Waals surface area contributed by atoms with Gasteiger partial charge < -0.3 is 10.2 Å². The van der Waals surface area contributed by atoms with Crippen molar-refractivity contribution in [1.82, 2.24) is 4.98 Å². The normalized spacial score (nSPS) is 24.9. The van der Waals surface area contributed by atoms with Crippen LogP contribution in [0.1, 0.15) is 43.9 Å². The number of rotatable bonds is 4. The van der Waals surface area contributed by atoms with Crippen LogP contribution in [0.15, 0.2) is 22.8 Å². The summed E-state index contributed by atoms with van der Waals surface area (Å²) < 4.78 is 0.865. The fourth-order valence-electron chi connectivity index (χ4n) is 2.81. The van der Waals surface area contributed by atoms with Gasteiger partial charge in [0, 0.05) is 10.7 Å². The van der Waals surface area contributed by atoms with E-state index in [2.05, 4.69) is 20.9 Å². The van der Waals surface area contributed by atoms with E-state index in [-0.39, 0.29) is 11.8 Å². The Labute approximate surface area is 121 Å². The molecule has 19 heavy (non-hydrogen) atoms. The minimum Gasteiger partial charge on any atom is -0.481 e. The van der Waals surface area contributed by atoms with Crippen molar-refractivity contribution in [2.75, 3.05) is 0 Å². The predicted octanol–water partition coefficient (Wildman–Crippen LogP) is 3.16. The molecular formula is C14H18BrNO3. The topological polar surface area (TPSA) is 70.4 Å². The van der Waals surface area contributed by atoms with Crippen LogP contribution in [0.2, 0.25) is 0 Å². The van der Waals surface area contributed by atoms with E-state index < -0.39 is 12.1 Å². The lowest BCUT2D eigenvalue weighted by Gasteiger charge is -2.29. The van der Waals surface area contributed by atoms with E-state index in [0.717, 1.165) is 30.2 Å². The Bertz CT molecular complexity index is 435. The SMILES string of the molecule is O=C(O)C1CCCCC1CC(O)c1ccc(Br)cn1. The van der Waals surface area contributed by atoms with Crippen LogP contribution in [0.25, 0.3) is 0 Å². The van der Waals surface area contributed by atoms with Gasteiger partial charge in [-0.1, -0.05) is 12.8 Å². The zero-order chi connectivity index (χ0) is 13.8. The highest BCUT2D eigenvalue weighted by Crippen LogP contribution is 2.36. The second kappa shape index (κ2) is 6.48. The Morgan fingerprint density at radius 1 is 1.42 bits per heavy atom. The number of hydrogen-bond donors (Lipinski definition) is 2. The lowest BCUT2D eigenvalue weighted by Crippen LogP contribution is -2.28. The number of nitrogens with zero attached hydrogens (tertiary/aromatic N) is 1. The summed E-state index contributed by atoms with van der Waals surface area (Å²) in [5, 5.41) is 19.4. The molecule has 5 heteroatoms. The highest BCUT2D eigenvalue weighted by atomic mass is 79.9. The van der Waals surface area contributed by atoms with E-state index >= 15 is 0 Å². The fourth-order valence-corrected chi connectivity index (χ4v) is 3.04. The number of halogens is 1. The molecule has 0 bridgehead atoms. The molecule has 1 fully saturated rings. The third-order valence-electron chi connectivity index (χ3n) is 3.84. The zero-order valence-electron chi connectivity index (χ0n) is 10.6. The monoisotopic (exact) mass is 327 g/mol. The van der Waals surface area contributed by atoms with Crippen LogP contribution in [0.4, 0.5) is 0 Å². The van der Waals surface area contributed by atoms with Gasteiger partial charge in [-0.2, -0.15) is 0 Å². The molecule has 3 unspecified atom stereocenters. The molecular weight excluding hydrogens is 310 g/mol. The first-order valence-corrected chi connectivity index (χ1v) is 7.39. The van der Waals surface area contributed by atoms with Crippen molar-refractivity contribution in [1.29, 1.82) is 0 Å². The van der Waals surface area contributed by atoms with Gasteiger partial charge in [0.05, 0.1) is 17.7 Å². The first-order valence-electron chi connectivity index (χ1n) is 6.60. The molecule has 104 valence electrons. The second-order valence-corrected chi connectivity index (χ2v) is 6.06. The number of carboxylic acid groups (broad SMARTS) is 1. The van der Waals surface area contributed by atoms with Gasteiger partial charge in [-0.05, 0) is 53.2 Å². The number of carboxylic acids is 1. The summed E-state index contributed by atoms with van der Waals surface area (Å²) in [6.07, 6.45) is 5.07. The highest BCUT2D eigenvalue weighted by molar-refractivity contribution is 9.10. The van der Waals surface area contributed by atoms with Crippen LogP contribution in [0.5, 0.6) is 0 Å². The van der Waals surface area contributed by atoms with Crippen LogP contribution in [0.3, 0.4) is 0 Å². The molecule has 2 N–H and O–H groups in total. The molecule has 0 amide bonds. The lowest BCUT2D eigenvalue weighted by molar-refractivity contribution is -0.145. The zero-order valence-corrected chi connectivity index (χ0v) is 12.2. The number of pyridine rings is 1. The van der Waals surface area contributed by atoms with E-state index in [1.165, 1.54) is 0 Å². The fraction of sp³-hybridized carbons (Fsp3) is 0.571. The third kappa shape index (κ3) is 3.76.